The van der Waals surface area contributed by atoms with E-state index < -0.39 is 0 Å². The number of benzene rings is 2. The molecule has 2 heterocycles. The molecule has 1 amide bonds. The minimum Gasteiger partial charge on any atom is -0.355 e. The molecular weight excluding hydrogens is 434 g/mol. The van der Waals surface area contributed by atoms with Crippen molar-refractivity contribution >= 4 is 34.6 Å². The maximum absolute atomic E-state index is 13.7. The molecule has 5 rings (SSSR count). The van der Waals surface area contributed by atoms with Gasteiger partial charge in [-0.25, -0.2) is 0 Å². The molecule has 170 valence electrons. The molecule has 1 N–H and O–H groups in total. The number of para-hydroxylation sites is 2. The Morgan fingerprint density at radius 3 is 2.76 bits per heavy atom. The largest absolute Gasteiger partial charge is 0.355 e. The maximum atomic E-state index is 13.7. The second-order valence-corrected chi connectivity index (χ2v) is 9.76. The monoisotopic (exact) mass is 461 g/mol. The van der Waals surface area contributed by atoms with Crippen LogP contribution >= 0.6 is 11.6 Å². The number of carbonyl (C=O) groups excluding carboxylic acids is 1. The number of anilines is 3. The molecule has 7 heteroatoms. The highest BCUT2D eigenvalue weighted by atomic mass is 35.5. The number of hydrogen-bond acceptors (Lipinski definition) is 5. The van der Waals surface area contributed by atoms with Gasteiger partial charge in [-0.15, -0.1) is 0 Å². The van der Waals surface area contributed by atoms with Gasteiger partial charge in [0, 0.05) is 42.9 Å². The summed E-state index contributed by atoms with van der Waals surface area (Å²) in [4.78, 5) is 19.7. The fourth-order valence-corrected chi connectivity index (χ4v) is 5.43. The summed E-state index contributed by atoms with van der Waals surface area (Å²) in [6.45, 7) is 7.42. The predicted octanol–water partition coefficient (Wildman–Crippen LogP) is 4.55. The van der Waals surface area contributed by atoms with Crippen molar-refractivity contribution in [3.05, 3.63) is 65.3 Å². The molecule has 6 nitrogen and oxygen atoms in total. The van der Waals surface area contributed by atoms with Gasteiger partial charge in [0.2, 0.25) is 0 Å². The van der Waals surface area contributed by atoms with E-state index in [0.29, 0.717) is 35.6 Å². The van der Waals surface area contributed by atoms with Crippen LogP contribution in [0.15, 0.2) is 54.7 Å². The minimum atomic E-state index is -0.0679. The van der Waals surface area contributed by atoms with Crippen molar-refractivity contribution in [2.45, 2.75) is 37.9 Å². The Kier molecular flexibility index (Phi) is 5.55. The van der Waals surface area contributed by atoms with Gasteiger partial charge in [0.15, 0.2) is 0 Å². The number of piperidine rings is 1. The summed E-state index contributed by atoms with van der Waals surface area (Å²) in [7, 11) is 1.97. The van der Waals surface area contributed by atoms with Crippen LogP contribution in [-0.4, -0.2) is 49.1 Å². The second kappa shape index (κ2) is 8.40. The van der Waals surface area contributed by atoms with Gasteiger partial charge in [-0.1, -0.05) is 30.3 Å². The molecule has 0 radical (unpaired) electrons. The van der Waals surface area contributed by atoms with Crippen LogP contribution in [0.5, 0.6) is 0 Å². The molecule has 2 fully saturated rings. The number of rotatable bonds is 6. The number of nitrogens with one attached hydrogen (secondary N) is 1. The molecule has 33 heavy (non-hydrogen) atoms. The average Bonchev–Trinajstić information content (AvgIpc) is 3.50. The average molecular weight is 462 g/mol. The van der Waals surface area contributed by atoms with Crippen LogP contribution in [0.25, 0.3) is 0 Å². The van der Waals surface area contributed by atoms with Gasteiger partial charge in [-0.05, 0) is 56.0 Å². The molecule has 2 aliphatic heterocycles. The zero-order valence-corrected chi connectivity index (χ0v) is 19.7. The van der Waals surface area contributed by atoms with Crippen LogP contribution in [0.3, 0.4) is 0 Å². The molecular formula is C26H28ClN5O. The van der Waals surface area contributed by atoms with Crippen LogP contribution in [0.2, 0.25) is 5.02 Å². The van der Waals surface area contributed by atoms with Gasteiger partial charge < -0.3 is 20.0 Å². The highest BCUT2D eigenvalue weighted by Crippen LogP contribution is 2.49. The van der Waals surface area contributed by atoms with Crippen LogP contribution in [0.4, 0.5) is 17.1 Å². The molecule has 3 aliphatic rings. The SMILES string of the molecule is C=C(CN[C@@H](C)CN1C(=O)c2cc(Cl)ccc2N(C)c2ccccc21)N1C(C#N)C[C@@H]2C[C@@H]21. The Hall–Kier alpha value is -3.01. The molecule has 0 bridgehead atoms. The van der Waals surface area contributed by atoms with E-state index in [-0.39, 0.29) is 18.0 Å². The summed E-state index contributed by atoms with van der Waals surface area (Å²) >= 11 is 6.25. The van der Waals surface area contributed by atoms with E-state index in [9.17, 15) is 10.1 Å². The summed E-state index contributed by atoms with van der Waals surface area (Å²) in [6.07, 6.45) is 2.12. The number of halogens is 1. The van der Waals surface area contributed by atoms with Crippen LogP contribution in [0, 0.1) is 17.2 Å². The molecule has 1 saturated heterocycles. The van der Waals surface area contributed by atoms with E-state index in [1.165, 1.54) is 6.42 Å². The fraction of sp³-hybridized carbons (Fsp3) is 0.385. The zero-order chi connectivity index (χ0) is 23.3. The Morgan fingerprint density at radius 1 is 1.24 bits per heavy atom. The van der Waals surface area contributed by atoms with Crippen molar-refractivity contribution in [2.24, 2.45) is 5.92 Å². The fourth-order valence-electron chi connectivity index (χ4n) is 5.26. The van der Waals surface area contributed by atoms with Crippen molar-refractivity contribution < 1.29 is 4.79 Å². The summed E-state index contributed by atoms with van der Waals surface area (Å²) in [5.74, 6) is 0.584. The van der Waals surface area contributed by atoms with Gasteiger partial charge in [-0.3, -0.25) is 4.79 Å². The number of fused-ring (bicyclic) bond motifs is 3. The highest BCUT2D eigenvalue weighted by Gasteiger charge is 2.52. The van der Waals surface area contributed by atoms with E-state index in [1.54, 1.807) is 6.07 Å². The lowest BCUT2D eigenvalue weighted by Crippen LogP contribution is -2.44. The summed E-state index contributed by atoms with van der Waals surface area (Å²) < 4.78 is 0. The number of nitriles is 1. The number of carbonyl (C=O) groups is 1. The van der Waals surface area contributed by atoms with E-state index in [0.717, 1.165) is 29.2 Å². The number of amides is 1. The highest BCUT2D eigenvalue weighted by molar-refractivity contribution is 6.31. The van der Waals surface area contributed by atoms with Gasteiger partial charge in [0.25, 0.3) is 5.91 Å². The van der Waals surface area contributed by atoms with Gasteiger partial charge in [0.05, 0.1) is 28.7 Å². The summed E-state index contributed by atoms with van der Waals surface area (Å²) in [5, 5.41) is 13.5. The number of likely N-dealkylation sites (tertiary alicyclic amines) is 1. The van der Waals surface area contributed by atoms with Crippen molar-refractivity contribution in [3.8, 4) is 6.07 Å². The first-order valence-electron chi connectivity index (χ1n) is 11.4. The first-order chi connectivity index (χ1) is 15.9. The molecule has 1 aliphatic carbocycles. The lowest BCUT2D eigenvalue weighted by molar-refractivity contribution is 0.0986. The smallest absolute Gasteiger partial charge is 0.260 e. The number of nitrogens with zero attached hydrogens (tertiary/aromatic N) is 4. The maximum Gasteiger partial charge on any atom is 0.260 e. The molecule has 0 spiro atoms. The summed E-state index contributed by atoms with van der Waals surface area (Å²) in [6, 6.07) is 16.3. The van der Waals surface area contributed by atoms with Gasteiger partial charge in [0.1, 0.15) is 6.04 Å². The molecule has 2 aromatic carbocycles. The third kappa shape index (κ3) is 3.86. The third-order valence-corrected chi connectivity index (χ3v) is 7.29. The first-order valence-corrected chi connectivity index (χ1v) is 11.8. The van der Waals surface area contributed by atoms with E-state index in [4.69, 9.17) is 11.6 Å². The molecule has 0 aromatic heterocycles. The quantitative estimate of drug-likeness (QED) is 0.684. The molecule has 1 saturated carbocycles. The Bertz CT molecular complexity index is 1160. The number of hydrogen-bond donors (Lipinski definition) is 1. The van der Waals surface area contributed by atoms with Crippen molar-refractivity contribution in [2.75, 3.05) is 29.9 Å². The topological polar surface area (TPSA) is 62.6 Å². The lowest BCUT2D eigenvalue weighted by Gasteiger charge is -2.30. The van der Waals surface area contributed by atoms with Gasteiger partial charge in [-0.2, -0.15) is 5.26 Å². The normalized spacial score (nSPS) is 23.9. The molecule has 1 unspecified atom stereocenters. The van der Waals surface area contributed by atoms with Gasteiger partial charge >= 0.3 is 0 Å². The molecule has 4 atom stereocenters. The van der Waals surface area contributed by atoms with E-state index in [2.05, 4.69) is 29.8 Å². The van der Waals surface area contributed by atoms with E-state index >= 15 is 0 Å². The molecule has 2 aromatic rings. The van der Waals surface area contributed by atoms with E-state index in [1.807, 2.05) is 53.2 Å². The van der Waals surface area contributed by atoms with Crippen molar-refractivity contribution in [1.29, 1.82) is 5.26 Å². The Labute approximate surface area is 200 Å². The van der Waals surface area contributed by atoms with Crippen LogP contribution < -0.4 is 15.1 Å². The van der Waals surface area contributed by atoms with Crippen LogP contribution in [0.1, 0.15) is 30.1 Å². The zero-order valence-electron chi connectivity index (χ0n) is 19.0. The van der Waals surface area contributed by atoms with Crippen molar-refractivity contribution in [1.82, 2.24) is 10.2 Å². The van der Waals surface area contributed by atoms with Crippen molar-refractivity contribution in [3.63, 3.8) is 0 Å². The third-order valence-electron chi connectivity index (χ3n) is 7.06. The lowest BCUT2D eigenvalue weighted by atomic mass is 10.1. The first kappa shape index (κ1) is 21.8. The minimum absolute atomic E-state index is 0.0166. The Morgan fingerprint density at radius 2 is 2.00 bits per heavy atom. The summed E-state index contributed by atoms with van der Waals surface area (Å²) in [5.41, 5.74) is 4.22. The predicted molar refractivity (Wildman–Crippen MR) is 132 cm³/mol. The van der Waals surface area contributed by atoms with Crippen LogP contribution in [-0.2, 0) is 0 Å². The second-order valence-electron chi connectivity index (χ2n) is 9.32. The standard InChI is InChI=1S/C26H28ClN5O/c1-16(29-14-17(2)32-20(13-28)10-18-11-25(18)32)15-31-24-7-5-4-6-23(24)30(3)22-9-8-19(27)12-21(22)26(31)33/h4-9,12,16,18,20,25,29H,2,10-11,14-15H2,1,3H3/t16-,18+,20?,25-/m0/s1. The Balaban J connectivity index is 1.35.